The molecule has 1 aromatic carbocycles. The second-order valence-corrected chi connectivity index (χ2v) is 6.15. The van der Waals surface area contributed by atoms with Crippen molar-refractivity contribution in [1.82, 2.24) is 4.72 Å². The molecule has 1 aliphatic rings. The van der Waals surface area contributed by atoms with E-state index in [0.717, 1.165) is 0 Å². The zero-order valence-corrected chi connectivity index (χ0v) is 12.9. The predicted octanol–water partition coefficient (Wildman–Crippen LogP) is -0.407. The van der Waals surface area contributed by atoms with Gasteiger partial charge in [-0.2, -0.15) is 10.4 Å². The Hall–Kier alpha value is -2.84. The predicted molar refractivity (Wildman–Crippen MR) is 82.3 cm³/mol. The third-order valence-corrected chi connectivity index (χ3v) is 4.31. The first-order valence-corrected chi connectivity index (χ1v) is 7.82. The number of nitrogens with two attached hydrogens (primary N) is 1. The van der Waals surface area contributed by atoms with Crippen molar-refractivity contribution in [2.24, 2.45) is 10.8 Å². The van der Waals surface area contributed by atoms with E-state index in [1.807, 2.05) is 0 Å². The van der Waals surface area contributed by atoms with Crippen molar-refractivity contribution >= 4 is 27.3 Å². The zero-order chi connectivity index (χ0) is 17.0. The Bertz CT molecular complexity index is 812. The molecule has 0 bridgehead atoms. The highest BCUT2D eigenvalue weighted by molar-refractivity contribution is 7.89. The van der Waals surface area contributed by atoms with E-state index in [1.54, 1.807) is 6.07 Å². The highest BCUT2D eigenvalue weighted by atomic mass is 32.2. The first kappa shape index (κ1) is 16.5. The van der Waals surface area contributed by atoms with Gasteiger partial charge < -0.3 is 15.2 Å². The molecule has 0 aromatic heterocycles. The van der Waals surface area contributed by atoms with Crippen LogP contribution in [0.3, 0.4) is 0 Å². The minimum absolute atomic E-state index is 0.0533. The normalized spacial score (nSPS) is 14.0. The summed E-state index contributed by atoms with van der Waals surface area (Å²) >= 11 is 0. The zero-order valence-electron chi connectivity index (χ0n) is 12.1. The molecule has 0 aliphatic carbocycles. The molecule has 10 nitrogen and oxygen atoms in total. The summed E-state index contributed by atoms with van der Waals surface area (Å²) in [7, 11) is -2.56. The van der Waals surface area contributed by atoms with E-state index in [0.29, 0.717) is 19.0 Å². The molecule has 0 amide bonds. The Morgan fingerprint density at radius 1 is 1.39 bits per heavy atom. The monoisotopic (exact) mass is 338 g/mol. The third kappa shape index (κ3) is 3.50. The lowest BCUT2D eigenvalue weighted by molar-refractivity contribution is 0.171. The average Bonchev–Trinajstić information content (AvgIpc) is 2.54. The van der Waals surface area contributed by atoms with Crippen LogP contribution >= 0.6 is 0 Å². The van der Waals surface area contributed by atoms with Crippen LogP contribution in [0.2, 0.25) is 0 Å². The van der Waals surface area contributed by atoms with E-state index in [2.05, 4.69) is 15.2 Å². The van der Waals surface area contributed by atoms with Crippen LogP contribution in [0.5, 0.6) is 11.5 Å². The van der Waals surface area contributed by atoms with E-state index in [-0.39, 0.29) is 22.0 Å². The number of nitriles is 1. The van der Waals surface area contributed by atoms with Crippen molar-refractivity contribution in [1.29, 1.82) is 10.7 Å². The highest BCUT2D eigenvalue weighted by Crippen LogP contribution is 2.37. The standard InChI is InChI=1S/C12H14N6O4S/c1-16-23(19,20)11-5-10-9(21-2-3-22-10)4-7(11)17-18-8(6-13)12(14)15/h4-5,16-17H,2-3H2,1H3,(H3,14,15)/b18-8+. The maximum Gasteiger partial charge on any atom is 0.242 e. The number of sulfonamides is 1. The number of benzene rings is 1. The molecule has 0 saturated carbocycles. The van der Waals surface area contributed by atoms with Crippen LogP contribution in [0.25, 0.3) is 0 Å². The van der Waals surface area contributed by atoms with Crippen LogP contribution in [0.15, 0.2) is 22.1 Å². The summed E-state index contributed by atoms with van der Waals surface area (Å²) in [6, 6.07) is 4.30. The van der Waals surface area contributed by atoms with Crippen molar-refractivity contribution in [3.05, 3.63) is 12.1 Å². The van der Waals surface area contributed by atoms with Gasteiger partial charge in [0.1, 0.15) is 24.2 Å². The van der Waals surface area contributed by atoms with Gasteiger partial charge in [0.15, 0.2) is 17.3 Å². The number of anilines is 1. The lowest BCUT2D eigenvalue weighted by Crippen LogP contribution is -2.23. The van der Waals surface area contributed by atoms with Crippen molar-refractivity contribution in [2.75, 3.05) is 25.7 Å². The van der Waals surface area contributed by atoms with Gasteiger partial charge in [-0.15, -0.1) is 0 Å². The fourth-order valence-electron chi connectivity index (χ4n) is 1.75. The van der Waals surface area contributed by atoms with Gasteiger partial charge in [0.2, 0.25) is 15.7 Å². The minimum Gasteiger partial charge on any atom is -0.486 e. The van der Waals surface area contributed by atoms with Crippen molar-refractivity contribution in [3.8, 4) is 17.6 Å². The number of amidine groups is 1. The number of ether oxygens (including phenoxy) is 2. The van der Waals surface area contributed by atoms with Gasteiger partial charge in [0, 0.05) is 12.1 Å². The lowest BCUT2D eigenvalue weighted by atomic mass is 10.2. The molecule has 1 heterocycles. The lowest BCUT2D eigenvalue weighted by Gasteiger charge is -2.20. The first-order chi connectivity index (χ1) is 10.9. The Balaban J connectivity index is 2.52. The Kier molecular flexibility index (Phi) is 4.68. The smallest absolute Gasteiger partial charge is 0.242 e. The van der Waals surface area contributed by atoms with Crippen molar-refractivity contribution in [2.45, 2.75) is 4.90 Å². The summed E-state index contributed by atoms with van der Waals surface area (Å²) in [6.45, 7) is 0.630. The fraction of sp³-hybridized carbons (Fsp3) is 0.250. The van der Waals surface area contributed by atoms with Crippen LogP contribution in [0, 0.1) is 16.7 Å². The van der Waals surface area contributed by atoms with Crippen molar-refractivity contribution in [3.63, 3.8) is 0 Å². The number of nitrogens with one attached hydrogen (secondary N) is 3. The summed E-state index contributed by atoms with van der Waals surface area (Å²) in [5.41, 5.74) is 7.28. The molecule has 122 valence electrons. The van der Waals surface area contributed by atoms with Gasteiger partial charge in [-0.1, -0.05) is 0 Å². The van der Waals surface area contributed by atoms with Crippen LogP contribution in [0.4, 0.5) is 5.69 Å². The molecule has 0 fully saturated rings. The molecule has 0 atom stereocenters. The van der Waals surface area contributed by atoms with E-state index in [4.69, 9.17) is 25.9 Å². The molecule has 23 heavy (non-hydrogen) atoms. The molecule has 0 spiro atoms. The summed E-state index contributed by atoms with van der Waals surface area (Å²) in [5.74, 6) is 0.0765. The number of hydrogen-bond donors (Lipinski definition) is 4. The van der Waals surface area contributed by atoms with Gasteiger partial charge in [-0.05, 0) is 7.05 Å². The maximum atomic E-state index is 12.1. The SMILES string of the molecule is CNS(=O)(=O)c1cc2c(cc1N/N=C(\C#N)C(=N)N)OCCO2. The fourth-order valence-corrected chi connectivity index (χ4v) is 2.63. The molecular weight excluding hydrogens is 324 g/mol. The average molecular weight is 338 g/mol. The molecule has 2 rings (SSSR count). The van der Waals surface area contributed by atoms with Gasteiger partial charge in [-0.3, -0.25) is 10.8 Å². The van der Waals surface area contributed by atoms with Crippen LogP contribution < -0.4 is 25.4 Å². The molecule has 5 N–H and O–H groups in total. The van der Waals surface area contributed by atoms with E-state index >= 15 is 0 Å². The summed E-state index contributed by atoms with van der Waals surface area (Å²) in [5, 5.41) is 19.7. The topological polar surface area (TPSA) is 163 Å². The summed E-state index contributed by atoms with van der Waals surface area (Å²) in [4.78, 5) is -0.145. The molecular formula is C12H14N6O4S. The summed E-state index contributed by atoms with van der Waals surface area (Å²) in [6.07, 6.45) is 0. The van der Waals surface area contributed by atoms with E-state index in [1.165, 1.54) is 19.2 Å². The number of fused-ring (bicyclic) bond motifs is 1. The molecule has 0 radical (unpaired) electrons. The number of nitrogens with zero attached hydrogens (tertiary/aromatic N) is 2. The Labute approximate surface area is 132 Å². The van der Waals surface area contributed by atoms with Crippen LogP contribution in [0.1, 0.15) is 0 Å². The molecule has 1 aromatic rings. The summed E-state index contributed by atoms with van der Waals surface area (Å²) < 4.78 is 37.2. The molecule has 11 heteroatoms. The van der Waals surface area contributed by atoms with E-state index in [9.17, 15) is 8.42 Å². The number of rotatable bonds is 5. The quantitative estimate of drug-likeness (QED) is 0.322. The Morgan fingerprint density at radius 3 is 2.52 bits per heavy atom. The van der Waals surface area contributed by atoms with Gasteiger partial charge in [0.05, 0.1) is 5.69 Å². The number of hydrogen-bond acceptors (Lipinski definition) is 8. The number of hydrazone groups is 1. The molecule has 0 unspecified atom stereocenters. The van der Waals surface area contributed by atoms with Crippen molar-refractivity contribution < 1.29 is 17.9 Å². The van der Waals surface area contributed by atoms with Crippen LogP contribution in [-0.4, -0.2) is 40.2 Å². The largest absolute Gasteiger partial charge is 0.486 e. The Morgan fingerprint density at radius 2 is 2.00 bits per heavy atom. The van der Waals surface area contributed by atoms with E-state index < -0.39 is 15.9 Å². The van der Waals surface area contributed by atoms with Gasteiger partial charge >= 0.3 is 0 Å². The minimum atomic E-state index is -3.82. The second-order valence-electron chi connectivity index (χ2n) is 4.30. The van der Waals surface area contributed by atoms with Crippen LogP contribution in [-0.2, 0) is 10.0 Å². The molecule has 1 aliphatic heterocycles. The molecule has 0 saturated heterocycles. The third-order valence-electron chi connectivity index (χ3n) is 2.85. The van der Waals surface area contributed by atoms with Gasteiger partial charge in [0.25, 0.3) is 0 Å². The first-order valence-electron chi connectivity index (χ1n) is 6.34. The van der Waals surface area contributed by atoms with Gasteiger partial charge in [-0.25, -0.2) is 13.1 Å². The highest BCUT2D eigenvalue weighted by Gasteiger charge is 2.23. The second kappa shape index (κ2) is 6.51. The maximum absolute atomic E-state index is 12.1.